The molecule has 1 aromatic heterocycles. The van der Waals surface area contributed by atoms with Crippen LogP contribution < -0.4 is 19.7 Å². The number of nitrogens with zero attached hydrogens (tertiary/aromatic N) is 5. The van der Waals surface area contributed by atoms with Crippen molar-refractivity contribution >= 4 is 28.6 Å². The van der Waals surface area contributed by atoms with Crippen LogP contribution in [-0.2, 0) is 0 Å². The maximum Gasteiger partial charge on any atom is 0.573 e. The molecule has 1 aliphatic carbocycles. The summed E-state index contributed by atoms with van der Waals surface area (Å²) in [5.74, 6) is 2.34. The Morgan fingerprint density at radius 3 is 2.50 bits per heavy atom. The fraction of sp³-hybridized carbons (Fsp3) is 0.333. The first-order valence-electron chi connectivity index (χ1n) is 14.9. The summed E-state index contributed by atoms with van der Waals surface area (Å²) in [7, 11) is 1.66. The third-order valence-corrected chi connectivity index (χ3v) is 8.92. The highest BCUT2D eigenvalue weighted by atomic mass is 32.2. The van der Waals surface area contributed by atoms with Crippen LogP contribution in [0.3, 0.4) is 0 Å². The molecule has 6 rings (SSSR count). The molecule has 2 amide bonds. The molecule has 46 heavy (non-hydrogen) atoms. The average Bonchev–Trinajstić information content (AvgIpc) is 3.61. The Balaban J connectivity index is 1.08. The van der Waals surface area contributed by atoms with E-state index in [1.165, 1.54) is 35.3 Å². The van der Waals surface area contributed by atoms with Crippen molar-refractivity contribution in [3.8, 4) is 28.6 Å². The number of thioether (sulfide) groups is 1. The second-order valence-electron chi connectivity index (χ2n) is 11.4. The molecular weight excluding hydrogens is 617 g/mol. The second kappa shape index (κ2) is 13.1. The van der Waals surface area contributed by atoms with Crippen LogP contribution in [0, 0.1) is 0 Å². The van der Waals surface area contributed by atoms with E-state index < -0.39 is 6.36 Å². The molecule has 9 nitrogen and oxygen atoms in total. The largest absolute Gasteiger partial charge is 0.573 e. The molecule has 2 heterocycles. The smallest absolute Gasteiger partial charge is 0.497 e. The maximum atomic E-state index is 13.0. The van der Waals surface area contributed by atoms with Crippen molar-refractivity contribution in [1.82, 2.24) is 20.1 Å². The molecule has 1 aliphatic heterocycles. The monoisotopic (exact) mass is 650 g/mol. The van der Waals surface area contributed by atoms with Gasteiger partial charge in [0.25, 0.3) is 0 Å². The third kappa shape index (κ3) is 7.30. The highest BCUT2D eigenvalue weighted by molar-refractivity contribution is 8.14. The number of benzene rings is 3. The normalized spacial score (nSPS) is 18.9. The summed E-state index contributed by atoms with van der Waals surface area (Å²) in [5, 5.41) is 8.24. The van der Waals surface area contributed by atoms with Gasteiger partial charge in [-0.1, -0.05) is 49.9 Å². The molecular formula is C33H33F3N6O3S. The average molecular weight is 651 g/mol. The number of halogens is 3. The molecule has 3 aromatic carbocycles. The van der Waals surface area contributed by atoms with Crippen LogP contribution in [0.1, 0.15) is 49.7 Å². The quantitative estimate of drug-likeness (QED) is 0.211. The number of anilines is 1. The fourth-order valence-corrected chi connectivity index (χ4v) is 6.39. The van der Waals surface area contributed by atoms with Crippen molar-refractivity contribution in [1.29, 1.82) is 0 Å². The van der Waals surface area contributed by atoms with Gasteiger partial charge in [0, 0.05) is 35.5 Å². The highest BCUT2D eigenvalue weighted by Gasteiger charge is 2.40. The lowest BCUT2D eigenvalue weighted by Gasteiger charge is -2.32. The minimum absolute atomic E-state index is 0.00131. The zero-order chi connectivity index (χ0) is 32.4. The van der Waals surface area contributed by atoms with Crippen LogP contribution in [0.5, 0.6) is 11.5 Å². The summed E-state index contributed by atoms with van der Waals surface area (Å²) in [6, 6.07) is 18.9. The standard InChI is InChI=1S/C33H33F3N6O3S/c1-20(2)26-17-25(44-3)13-14-29(26)41-15-4-16-46-32(41)39-31(43)38-28-18-27(28)21-5-7-22(8-6-21)30-37-19-42(40-30)23-9-11-24(12-10-23)45-33(34,35)36/h5-14,17,19-20,27-28H,4,15-16,18H2,1-3H3,(H,38,43). The number of hydrogen-bond acceptors (Lipinski definition) is 6. The Hall–Kier alpha value is -4.52. The number of rotatable bonds is 8. The molecule has 0 radical (unpaired) electrons. The molecule has 2 atom stereocenters. The predicted octanol–water partition coefficient (Wildman–Crippen LogP) is 7.53. The molecule has 13 heteroatoms. The van der Waals surface area contributed by atoms with Crippen LogP contribution in [-0.4, -0.2) is 57.8 Å². The molecule has 4 aromatic rings. The topological polar surface area (TPSA) is 93.9 Å². The van der Waals surface area contributed by atoms with E-state index in [2.05, 4.69) is 49.9 Å². The van der Waals surface area contributed by atoms with Gasteiger partial charge in [-0.05, 0) is 72.4 Å². The number of aromatic nitrogens is 3. The lowest BCUT2D eigenvalue weighted by molar-refractivity contribution is -0.274. The van der Waals surface area contributed by atoms with Gasteiger partial charge in [0.15, 0.2) is 11.0 Å². The van der Waals surface area contributed by atoms with Gasteiger partial charge >= 0.3 is 12.4 Å². The molecule has 0 bridgehead atoms. The Morgan fingerprint density at radius 1 is 1.07 bits per heavy atom. The van der Waals surface area contributed by atoms with Gasteiger partial charge in [0.2, 0.25) is 0 Å². The molecule has 2 aliphatic rings. The Kier molecular flexibility index (Phi) is 8.94. The Bertz CT molecular complexity index is 1720. The van der Waals surface area contributed by atoms with E-state index >= 15 is 0 Å². The van der Waals surface area contributed by atoms with E-state index in [9.17, 15) is 18.0 Å². The van der Waals surface area contributed by atoms with Gasteiger partial charge in [0.1, 0.15) is 17.8 Å². The molecule has 0 spiro atoms. The summed E-state index contributed by atoms with van der Waals surface area (Å²) < 4.78 is 48.2. The molecule has 2 fully saturated rings. The van der Waals surface area contributed by atoms with Crippen molar-refractivity contribution in [3.05, 3.63) is 84.2 Å². The summed E-state index contributed by atoms with van der Waals surface area (Å²) in [4.78, 5) is 24.0. The first kappa shape index (κ1) is 31.5. The number of nitrogens with one attached hydrogen (secondary N) is 1. The summed E-state index contributed by atoms with van der Waals surface area (Å²) in [6.45, 7) is 5.08. The van der Waals surface area contributed by atoms with Crippen molar-refractivity contribution in [3.63, 3.8) is 0 Å². The zero-order valence-corrected chi connectivity index (χ0v) is 26.3. The molecule has 1 saturated carbocycles. The van der Waals surface area contributed by atoms with Gasteiger partial charge in [-0.25, -0.2) is 14.5 Å². The summed E-state index contributed by atoms with van der Waals surface area (Å²) in [6.07, 6.45) is -1.43. The minimum atomic E-state index is -4.75. The second-order valence-corrected chi connectivity index (χ2v) is 12.5. The van der Waals surface area contributed by atoms with Crippen molar-refractivity contribution in [2.75, 3.05) is 24.3 Å². The lowest BCUT2D eigenvalue weighted by Crippen LogP contribution is -2.36. The highest BCUT2D eigenvalue weighted by Crippen LogP contribution is 2.41. The van der Waals surface area contributed by atoms with Crippen LogP contribution >= 0.6 is 11.8 Å². The number of amidine groups is 1. The fourth-order valence-electron chi connectivity index (χ4n) is 5.44. The first-order chi connectivity index (χ1) is 22.1. The minimum Gasteiger partial charge on any atom is -0.497 e. The Labute approximate surface area is 268 Å². The van der Waals surface area contributed by atoms with Gasteiger partial charge < -0.3 is 19.7 Å². The first-order valence-corrected chi connectivity index (χ1v) is 15.9. The van der Waals surface area contributed by atoms with E-state index in [0.29, 0.717) is 16.7 Å². The van der Waals surface area contributed by atoms with E-state index in [1.54, 1.807) is 18.9 Å². The number of amides is 2. The predicted molar refractivity (Wildman–Crippen MR) is 172 cm³/mol. The van der Waals surface area contributed by atoms with Gasteiger partial charge in [-0.15, -0.1) is 18.3 Å². The van der Waals surface area contributed by atoms with Gasteiger partial charge in [-0.3, -0.25) is 0 Å². The lowest BCUT2D eigenvalue weighted by atomic mass is 10.00. The van der Waals surface area contributed by atoms with Crippen molar-refractivity contribution in [2.24, 2.45) is 4.99 Å². The van der Waals surface area contributed by atoms with Crippen LogP contribution in [0.4, 0.5) is 23.7 Å². The SMILES string of the molecule is COc1ccc(N2CCCSC2=NC(=O)NC2CC2c2ccc(-c3ncn(-c4ccc(OC(F)(F)F)cc4)n3)cc2)c(C(C)C)c1. The zero-order valence-electron chi connectivity index (χ0n) is 25.5. The number of hydrogen-bond donors (Lipinski definition) is 1. The molecule has 1 N–H and O–H groups in total. The summed E-state index contributed by atoms with van der Waals surface area (Å²) in [5.41, 5.74) is 4.63. The number of methoxy groups -OCH3 is 1. The number of urea groups is 1. The molecule has 1 saturated heterocycles. The maximum absolute atomic E-state index is 13.0. The third-order valence-electron chi connectivity index (χ3n) is 7.86. The Morgan fingerprint density at radius 2 is 1.80 bits per heavy atom. The van der Waals surface area contributed by atoms with Gasteiger partial charge in [-0.2, -0.15) is 4.99 Å². The van der Waals surface area contributed by atoms with Crippen molar-refractivity contribution in [2.45, 2.75) is 50.9 Å². The number of aliphatic imine (C=N–C) groups is 1. The van der Waals surface area contributed by atoms with Gasteiger partial charge in [0.05, 0.1) is 12.8 Å². The van der Waals surface area contributed by atoms with E-state index in [0.717, 1.165) is 53.3 Å². The molecule has 240 valence electrons. The van der Waals surface area contributed by atoms with E-state index in [4.69, 9.17) is 4.74 Å². The number of carbonyl (C=O) groups excluding carboxylic acids is 1. The number of ether oxygens (including phenoxy) is 2. The van der Waals surface area contributed by atoms with Crippen LogP contribution in [0.25, 0.3) is 17.1 Å². The van der Waals surface area contributed by atoms with Crippen LogP contribution in [0.2, 0.25) is 0 Å². The van der Waals surface area contributed by atoms with E-state index in [-0.39, 0.29) is 29.7 Å². The van der Waals surface area contributed by atoms with Crippen molar-refractivity contribution < 1.29 is 27.4 Å². The van der Waals surface area contributed by atoms with E-state index in [1.807, 2.05) is 36.4 Å². The number of alkyl halides is 3. The summed E-state index contributed by atoms with van der Waals surface area (Å²) >= 11 is 1.60. The number of carbonyl (C=O) groups is 1. The van der Waals surface area contributed by atoms with Crippen LogP contribution in [0.15, 0.2) is 78.0 Å². The molecule has 2 unspecified atom stereocenters.